The molecule has 5 nitrogen and oxygen atoms in total. The molecule has 0 radical (unpaired) electrons. The third kappa shape index (κ3) is 3.78. The summed E-state index contributed by atoms with van der Waals surface area (Å²) in [4.78, 5) is 11.4. The van der Waals surface area contributed by atoms with Gasteiger partial charge in [-0.15, -0.1) is 0 Å². The summed E-state index contributed by atoms with van der Waals surface area (Å²) in [5.74, 6) is 1.19. The molecule has 1 aromatic heterocycles. The Labute approximate surface area is 123 Å². The van der Waals surface area contributed by atoms with Gasteiger partial charge in [0.05, 0.1) is 19.8 Å². The van der Waals surface area contributed by atoms with Crippen LogP contribution in [0.15, 0.2) is 40.8 Å². The number of methoxy groups -OCH3 is 1. The van der Waals surface area contributed by atoms with Gasteiger partial charge in [-0.05, 0) is 38.1 Å². The van der Waals surface area contributed by atoms with Crippen LogP contribution in [0.5, 0.6) is 5.75 Å². The molecule has 0 aliphatic rings. The zero-order valence-corrected chi connectivity index (χ0v) is 12.4. The van der Waals surface area contributed by atoms with E-state index in [-0.39, 0.29) is 11.8 Å². The van der Waals surface area contributed by atoms with Crippen LogP contribution >= 0.6 is 0 Å². The van der Waals surface area contributed by atoms with E-state index in [0.717, 1.165) is 11.4 Å². The van der Waals surface area contributed by atoms with Gasteiger partial charge in [-0.2, -0.15) is 0 Å². The number of hydrogen-bond acceptors (Lipinski definition) is 5. The summed E-state index contributed by atoms with van der Waals surface area (Å²) in [6, 6.07) is 11.0. The summed E-state index contributed by atoms with van der Waals surface area (Å²) in [7, 11) is 1.32. The van der Waals surface area contributed by atoms with Crippen molar-refractivity contribution in [3.05, 3.63) is 47.9 Å². The predicted octanol–water partition coefficient (Wildman–Crippen LogP) is 3.64. The lowest BCUT2D eigenvalue weighted by Gasteiger charge is -2.14. The van der Waals surface area contributed by atoms with Crippen molar-refractivity contribution >= 4 is 11.7 Å². The predicted molar refractivity (Wildman–Crippen MR) is 79.7 cm³/mol. The fourth-order valence-electron chi connectivity index (χ4n) is 1.96. The van der Waals surface area contributed by atoms with Crippen molar-refractivity contribution in [1.82, 2.24) is 0 Å². The Balaban J connectivity index is 2.07. The third-order valence-corrected chi connectivity index (χ3v) is 2.97. The van der Waals surface area contributed by atoms with Crippen LogP contribution in [-0.2, 0) is 4.74 Å². The molecule has 0 spiro atoms. The number of anilines is 1. The maximum Gasteiger partial charge on any atom is 0.373 e. The highest BCUT2D eigenvalue weighted by Gasteiger charge is 2.15. The minimum atomic E-state index is -0.480. The van der Waals surface area contributed by atoms with Crippen LogP contribution in [0.3, 0.4) is 0 Å². The summed E-state index contributed by atoms with van der Waals surface area (Å²) in [5.41, 5.74) is 0.921. The van der Waals surface area contributed by atoms with Crippen molar-refractivity contribution < 1.29 is 18.7 Å². The molecule has 1 heterocycles. The quantitative estimate of drug-likeness (QED) is 0.823. The number of ether oxygens (including phenoxy) is 2. The molecule has 0 aliphatic heterocycles. The average molecular weight is 289 g/mol. The van der Waals surface area contributed by atoms with Gasteiger partial charge in [-0.3, -0.25) is 0 Å². The van der Waals surface area contributed by atoms with Crippen molar-refractivity contribution in [2.24, 2.45) is 0 Å². The molecule has 2 rings (SSSR count). The fraction of sp³-hybridized carbons (Fsp3) is 0.312. The summed E-state index contributed by atoms with van der Waals surface area (Å²) in [6.45, 7) is 4.52. The van der Waals surface area contributed by atoms with Crippen LogP contribution < -0.4 is 10.1 Å². The number of benzene rings is 1. The number of esters is 1. The van der Waals surface area contributed by atoms with E-state index in [9.17, 15) is 4.79 Å². The largest absolute Gasteiger partial charge is 0.494 e. The normalized spacial score (nSPS) is 11.8. The molecular weight excluding hydrogens is 270 g/mol. The maximum atomic E-state index is 11.4. The van der Waals surface area contributed by atoms with Gasteiger partial charge in [0.2, 0.25) is 5.76 Å². The van der Waals surface area contributed by atoms with Crippen LogP contribution in [0.4, 0.5) is 5.69 Å². The molecule has 0 fully saturated rings. The molecule has 0 saturated heterocycles. The van der Waals surface area contributed by atoms with Gasteiger partial charge in [0, 0.05) is 11.8 Å². The first-order valence-electron chi connectivity index (χ1n) is 6.81. The Kier molecular flexibility index (Phi) is 4.87. The lowest BCUT2D eigenvalue weighted by molar-refractivity contribution is 0.0562. The molecule has 1 N–H and O–H groups in total. The van der Waals surface area contributed by atoms with E-state index in [0.29, 0.717) is 12.4 Å². The number of rotatable bonds is 6. The first-order valence-corrected chi connectivity index (χ1v) is 6.81. The molecule has 0 saturated carbocycles. The number of furan rings is 1. The Hall–Kier alpha value is -2.43. The minimum Gasteiger partial charge on any atom is -0.494 e. The SMILES string of the molecule is CCOc1cccc(NC(C)c2ccc(C(=O)OC)o2)c1. The standard InChI is InChI=1S/C16H19NO4/c1-4-20-13-7-5-6-12(10-13)17-11(2)14-8-9-15(21-14)16(18)19-3/h5-11,17H,4H2,1-3H3. The molecule has 5 heteroatoms. The highest BCUT2D eigenvalue weighted by molar-refractivity contribution is 5.86. The molecular formula is C16H19NO4. The van der Waals surface area contributed by atoms with Gasteiger partial charge in [0.25, 0.3) is 0 Å². The molecule has 0 bridgehead atoms. The Morgan fingerprint density at radius 3 is 2.86 bits per heavy atom. The van der Waals surface area contributed by atoms with E-state index >= 15 is 0 Å². The average Bonchev–Trinajstić information content (AvgIpc) is 2.97. The minimum absolute atomic E-state index is 0.0831. The lowest BCUT2D eigenvalue weighted by atomic mass is 10.2. The van der Waals surface area contributed by atoms with Crippen molar-refractivity contribution in [2.75, 3.05) is 19.0 Å². The molecule has 1 aromatic carbocycles. The molecule has 21 heavy (non-hydrogen) atoms. The second-order valence-electron chi connectivity index (χ2n) is 4.52. The van der Waals surface area contributed by atoms with Crippen LogP contribution in [-0.4, -0.2) is 19.7 Å². The van der Waals surface area contributed by atoms with E-state index in [1.165, 1.54) is 7.11 Å². The first-order chi connectivity index (χ1) is 10.1. The summed E-state index contributed by atoms with van der Waals surface area (Å²) in [6.07, 6.45) is 0. The van der Waals surface area contributed by atoms with Crippen LogP contribution in [0, 0.1) is 0 Å². The topological polar surface area (TPSA) is 60.7 Å². The van der Waals surface area contributed by atoms with E-state index in [2.05, 4.69) is 10.1 Å². The van der Waals surface area contributed by atoms with Gasteiger partial charge < -0.3 is 19.2 Å². The van der Waals surface area contributed by atoms with E-state index in [1.807, 2.05) is 38.1 Å². The second-order valence-corrected chi connectivity index (χ2v) is 4.52. The van der Waals surface area contributed by atoms with Gasteiger partial charge in [0.15, 0.2) is 0 Å². The third-order valence-electron chi connectivity index (χ3n) is 2.97. The van der Waals surface area contributed by atoms with Crippen molar-refractivity contribution in [2.45, 2.75) is 19.9 Å². The molecule has 112 valence electrons. The Morgan fingerprint density at radius 2 is 2.14 bits per heavy atom. The number of hydrogen-bond donors (Lipinski definition) is 1. The van der Waals surface area contributed by atoms with E-state index in [4.69, 9.17) is 9.15 Å². The summed E-state index contributed by atoms with van der Waals surface area (Å²) < 4.78 is 15.6. The maximum absolute atomic E-state index is 11.4. The van der Waals surface area contributed by atoms with E-state index < -0.39 is 5.97 Å². The number of carbonyl (C=O) groups is 1. The zero-order valence-electron chi connectivity index (χ0n) is 12.4. The highest BCUT2D eigenvalue weighted by atomic mass is 16.5. The van der Waals surface area contributed by atoms with Crippen molar-refractivity contribution in [3.8, 4) is 5.75 Å². The van der Waals surface area contributed by atoms with Crippen molar-refractivity contribution in [1.29, 1.82) is 0 Å². The number of nitrogens with one attached hydrogen (secondary N) is 1. The van der Waals surface area contributed by atoms with Crippen LogP contribution in [0.2, 0.25) is 0 Å². The van der Waals surface area contributed by atoms with Crippen LogP contribution in [0.1, 0.15) is 36.2 Å². The molecule has 1 atom stereocenters. The summed E-state index contributed by atoms with van der Waals surface area (Å²) >= 11 is 0. The van der Waals surface area contributed by atoms with Gasteiger partial charge in [-0.1, -0.05) is 6.07 Å². The fourth-order valence-corrected chi connectivity index (χ4v) is 1.96. The molecule has 2 aromatic rings. The number of carbonyl (C=O) groups excluding carboxylic acids is 1. The Bertz CT molecular complexity index is 606. The second kappa shape index (κ2) is 6.83. The van der Waals surface area contributed by atoms with Crippen molar-refractivity contribution in [3.63, 3.8) is 0 Å². The smallest absolute Gasteiger partial charge is 0.373 e. The monoisotopic (exact) mass is 289 g/mol. The van der Waals surface area contributed by atoms with Gasteiger partial charge in [0.1, 0.15) is 11.5 Å². The van der Waals surface area contributed by atoms with Gasteiger partial charge in [-0.25, -0.2) is 4.79 Å². The molecule has 1 unspecified atom stereocenters. The van der Waals surface area contributed by atoms with E-state index in [1.54, 1.807) is 12.1 Å². The zero-order chi connectivity index (χ0) is 15.2. The summed E-state index contributed by atoms with van der Waals surface area (Å²) in [5, 5.41) is 3.30. The first kappa shape index (κ1) is 15.0. The highest BCUT2D eigenvalue weighted by Crippen LogP contribution is 2.24. The molecule has 0 aliphatic carbocycles. The lowest BCUT2D eigenvalue weighted by Crippen LogP contribution is -2.06. The van der Waals surface area contributed by atoms with Crippen LogP contribution in [0.25, 0.3) is 0 Å². The van der Waals surface area contributed by atoms with Gasteiger partial charge >= 0.3 is 5.97 Å². The molecule has 0 amide bonds. The Morgan fingerprint density at radius 1 is 1.33 bits per heavy atom.